The third kappa shape index (κ3) is 2.28. The average Bonchev–Trinajstić information content (AvgIpc) is 2.79. The number of hydrogen-bond donors (Lipinski definition) is 1. The Labute approximate surface area is 101 Å². The van der Waals surface area contributed by atoms with Crippen LogP contribution in [-0.4, -0.2) is 24.5 Å². The third-order valence-electron chi connectivity index (χ3n) is 2.38. The van der Waals surface area contributed by atoms with Crippen LogP contribution < -0.4 is 11.2 Å². The van der Waals surface area contributed by atoms with Gasteiger partial charge < -0.3 is 0 Å². The molecule has 0 amide bonds. The lowest BCUT2D eigenvalue weighted by molar-refractivity contribution is 0.495. The predicted molar refractivity (Wildman–Crippen MR) is 61.1 cm³/mol. The Balaban J connectivity index is 2.31. The molecule has 0 unspecified atom stereocenters. The molecule has 0 atom stereocenters. The molecule has 0 fully saturated rings. The first-order valence-electron chi connectivity index (χ1n) is 4.93. The van der Waals surface area contributed by atoms with E-state index in [-0.39, 0.29) is 17.3 Å². The highest BCUT2D eigenvalue weighted by atomic mass is 35.5. The molecule has 2 aromatic rings. The molecule has 0 saturated carbocycles. The number of halogens is 1. The van der Waals surface area contributed by atoms with Gasteiger partial charge in [0, 0.05) is 11.8 Å². The maximum atomic E-state index is 11.8. The number of aryl methyl sites for hydroxylation is 1. The van der Waals surface area contributed by atoms with E-state index in [2.05, 4.69) is 15.3 Å². The predicted octanol–water partition coefficient (Wildman–Crippen LogP) is -0.210. The minimum absolute atomic E-state index is 0.0806. The molecule has 0 spiro atoms. The summed E-state index contributed by atoms with van der Waals surface area (Å²) in [5, 5.41) is 7.45. The van der Waals surface area contributed by atoms with Gasteiger partial charge >= 0.3 is 5.69 Å². The fourth-order valence-corrected chi connectivity index (χ4v) is 1.56. The number of aromatic nitrogens is 5. The van der Waals surface area contributed by atoms with Crippen LogP contribution in [0.2, 0.25) is 5.15 Å². The van der Waals surface area contributed by atoms with Gasteiger partial charge in [0.1, 0.15) is 5.15 Å². The SMILES string of the molecule is Cc1c(Cl)[nH]c(=O)n(CCn2ccnn2)c1=O. The first kappa shape index (κ1) is 11.6. The summed E-state index contributed by atoms with van der Waals surface area (Å²) < 4.78 is 2.62. The van der Waals surface area contributed by atoms with Crippen LogP contribution in [-0.2, 0) is 13.1 Å². The standard InChI is InChI=1S/C9H10ClN5O2/c1-6-7(10)12-9(17)15(8(6)16)5-4-14-3-2-11-13-14/h2-3H,4-5H2,1H3,(H,12,17). The monoisotopic (exact) mass is 255 g/mol. The van der Waals surface area contributed by atoms with Crippen LogP contribution in [0.5, 0.6) is 0 Å². The van der Waals surface area contributed by atoms with Gasteiger partial charge in [0.15, 0.2) is 0 Å². The summed E-state index contributed by atoms with van der Waals surface area (Å²) in [6.45, 7) is 2.17. The van der Waals surface area contributed by atoms with E-state index in [1.807, 2.05) is 0 Å². The van der Waals surface area contributed by atoms with Crippen molar-refractivity contribution in [2.75, 3.05) is 0 Å². The van der Waals surface area contributed by atoms with Crippen LogP contribution in [0.4, 0.5) is 0 Å². The molecule has 0 aromatic carbocycles. The molecule has 1 N–H and O–H groups in total. The zero-order valence-electron chi connectivity index (χ0n) is 9.05. The largest absolute Gasteiger partial charge is 0.329 e. The van der Waals surface area contributed by atoms with Gasteiger partial charge in [-0.1, -0.05) is 16.8 Å². The van der Waals surface area contributed by atoms with Crippen molar-refractivity contribution in [1.82, 2.24) is 24.5 Å². The van der Waals surface area contributed by atoms with Gasteiger partial charge in [-0.25, -0.2) is 4.79 Å². The molecule has 0 radical (unpaired) electrons. The van der Waals surface area contributed by atoms with Crippen LogP contribution in [0.3, 0.4) is 0 Å². The zero-order valence-corrected chi connectivity index (χ0v) is 9.81. The molecule has 2 aromatic heterocycles. The molecule has 2 heterocycles. The number of aromatic amines is 1. The van der Waals surface area contributed by atoms with Crippen molar-refractivity contribution in [2.45, 2.75) is 20.0 Å². The van der Waals surface area contributed by atoms with Crippen LogP contribution in [0.15, 0.2) is 22.0 Å². The topological polar surface area (TPSA) is 85.6 Å². The van der Waals surface area contributed by atoms with Crippen molar-refractivity contribution in [1.29, 1.82) is 0 Å². The van der Waals surface area contributed by atoms with Gasteiger partial charge in [-0.2, -0.15) is 0 Å². The highest BCUT2D eigenvalue weighted by Crippen LogP contribution is 2.02. The summed E-state index contributed by atoms with van der Waals surface area (Å²) in [5.41, 5.74) is -0.588. The highest BCUT2D eigenvalue weighted by molar-refractivity contribution is 6.30. The number of hydrogen-bond acceptors (Lipinski definition) is 4. The molecule has 8 heteroatoms. The van der Waals surface area contributed by atoms with Crippen LogP contribution in [0.1, 0.15) is 5.56 Å². The van der Waals surface area contributed by atoms with E-state index >= 15 is 0 Å². The summed E-state index contributed by atoms with van der Waals surface area (Å²) in [4.78, 5) is 25.7. The Bertz CT molecular complexity index is 628. The van der Waals surface area contributed by atoms with Crippen molar-refractivity contribution < 1.29 is 0 Å². The normalized spacial score (nSPS) is 10.7. The van der Waals surface area contributed by atoms with E-state index in [1.54, 1.807) is 13.1 Å². The number of nitrogens with zero attached hydrogens (tertiary/aromatic N) is 4. The summed E-state index contributed by atoms with van der Waals surface area (Å²) in [7, 11) is 0. The maximum Gasteiger partial charge on any atom is 0.329 e. The van der Waals surface area contributed by atoms with Gasteiger partial charge in [-0.15, -0.1) is 5.10 Å². The second-order valence-corrected chi connectivity index (χ2v) is 3.87. The van der Waals surface area contributed by atoms with E-state index in [0.29, 0.717) is 12.1 Å². The van der Waals surface area contributed by atoms with Crippen molar-refractivity contribution >= 4 is 11.6 Å². The molecule has 2 rings (SSSR count). The quantitative estimate of drug-likeness (QED) is 0.769. The van der Waals surface area contributed by atoms with Crippen LogP contribution >= 0.6 is 11.6 Å². The fraction of sp³-hybridized carbons (Fsp3) is 0.333. The average molecular weight is 256 g/mol. The lowest BCUT2D eigenvalue weighted by atomic mass is 10.4. The molecular formula is C9H10ClN5O2. The Kier molecular flexibility index (Phi) is 3.10. The minimum Gasteiger partial charge on any atom is -0.297 e. The lowest BCUT2D eigenvalue weighted by Crippen LogP contribution is -2.37. The Morgan fingerprint density at radius 1 is 1.41 bits per heavy atom. The first-order chi connectivity index (χ1) is 8.09. The number of H-pyrrole nitrogens is 1. The van der Waals surface area contributed by atoms with Gasteiger partial charge in [0.25, 0.3) is 5.56 Å². The van der Waals surface area contributed by atoms with Gasteiger partial charge in [0.05, 0.1) is 19.3 Å². The van der Waals surface area contributed by atoms with E-state index < -0.39 is 5.69 Å². The van der Waals surface area contributed by atoms with E-state index in [9.17, 15) is 9.59 Å². The molecule has 0 aliphatic rings. The Hall–Kier alpha value is -1.89. The molecule has 7 nitrogen and oxygen atoms in total. The summed E-state index contributed by atoms with van der Waals surface area (Å²) >= 11 is 5.69. The van der Waals surface area contributed by atoms with E-state index in [0.717, 1.165) is 4.57 Å². The molecular weight excluding hydrogens is 246 g/mol. The molecule has 90 valence electrons. The van der Waals surface area contributed by atoms with Gasteiger partial charge in [-0.05, 0) is 6.92 Å². The fourth-order valence-electron chi connectivity index (χ4n) is 1.40. The minimum atomic E-state index is -0.522. The van der Waals surface area contributed by atoms with Crippen molar-refractivity contribution in [3.63, 3.8) is 0 Å². The molecule has 17 heavy (non-hydrogen) atoms. The third-order valence-corrected chi connectivity index (χ3v) is 2.76. The second kappa shape index (κ2) is 4.54. The molecule has 0 aliphatic carbocycles. The van der Waals surface area contributed by atoms with Crippen LogP contribution in [0, 0.1) is 6.92 Å². The smallest absolute Gasteiger partial charge is 0.297 e. The number of rotatable bonds is 3. The Morgan fingerprint density at radius 3 is 2.82 bits per heavy atom. The molecule has 0 bridgehead atoms. The molecule has 0 saturated heterocycles. The maximum absolute atomic E-state index is 11.8. The van der Waals surface area contributed by atoms with Crippen LogP contribution in [0.25, 0.3) is 0 Å². The van der Waals surface area contributed by atoms with E-state index in [4.69, 9.17) is 11.6 Å². The summed E-state index contributed by atoms with van der Waals surface area (Å²) in [6, 6.07) is 0. The van der Waals surface area contributed by atoms with Gasteiger partial charge in [0.2, 0.25) is 0 Å². The lowest BCUT2D eigenvalue weighted by Gasteiger charge is -2.06. The Morgan fingerprint density at radius 2 is 2.18 bits per heavy atom. The van der Waals surface area contributed by atoms with Crippen molar-refractivity contribution in [3.8, 4) is 0 Å². The molecule has 0 aliphatic heterocycles. The first-order valence-corrected chi connectivity index (χ1v) is 5.30. The van der Waals surface area contributed by atoms with Gasteiger partial charge in [-0.3, -0.25) is 19.0 Å². The highest BCUT2D eigenvalue weighted by Gasteiger charge is 2.08. The second-order valence-electron chi connectivity index (χ2n) is 3.49. The number of nitrogens with one attached hydrogen (secondary N) is 1. The summed E-state index contributed by atoms with van der Waals surface area (Å²) in [5.74, 6) is 0. The zero-order chi connectivity index (χ0) is 12.4. The van der Waals surface area contributed by atoms with Crippen molar-refractivity contribution in [3.05, 3.63) is 43.9 Å². The van der Waals surface area contributed by atoms with Crippen molar-refractivity contribution in [2.24, 2.45) is 0 Å². The van der Waals surface area contributed by atoms with E-state index in [1.165, 1.54) is 10.9 Å². The summed E-state index contributed by atoms with van der Waals surface area (Å²) in [6.07, 6.45) is 3.18.